The van der Waals surface area contributed by atoms with Crippen LogP contribution in [0, 0.1) is 0 Å². The number of ether oxygens (including phenoxy) is 2. The van der Waals surface area contributed by atoms with Crippen molar-refractivity contribution in [1.29, 1.82) is 0 Å². The van der Waals surface area contributed by atoms with Gasteiger partial charge in [0.15, 0.2) is 5.82 Å². The van der Waals surface area contributed by atoms with E-state index >= 15 is 0 Å². The Balaban J connectivity index is 1.66. The van der Waals surface area contributed by atoms with Gasteiger partial charge in [-0.2, -0.15) is 9.97 Å². The average Bonchev–Trinajstić information content (AvgIpc) is 3.04. The molecule has 4 rings (SSSR count). The molecule has 0 aliphatic carbocycles. The smallest absolute Gasteiger partial charge is 0.410 e. The molecule has 200 valence electrons. The summed E-state index contributed by atoms with van der Waals surface area (Å²) < 4.78 is 65.1. The van der Waals surface area contributed by atoms with Crippen LogP contribution in [0.25, 0.3) is 16.9 Å². The van der Waals surface area contributed by atoms with Crippen molar-refractivity contribution in [1.82, 2.24) is 24.4 Å². The van der Waals surface area contributed by atoms with E-state index in [-0.39, 0.29) is 11.7 Å². The molecule has 0 N–H and O–H groups in total. The second-order valence-electron chi connectivity index (χ2n) is 9.85. The molecule has 1 unspecified atom stereocenters. The van der Waals surface area contributed by atoms with Gasteiger partial charge in [-0.15, -0.1) is 0 Å². The zero-order valence-corrected chi connectivity index (χ0v) is 21.8. The number of carbonyl (C=O) groups is 1. The molecule has 1 atom stereocenters. The van der Waals surface area contributed by atoms with Crippen molar-refractivity contribution in [3.05, 3.63) is 36.2 Å². The number of benzene rings is 1. The Morgan fingerprint density at radius 3 is 2.51 bits per heavy atom. The second kappa shape index (κ2) is 10.2. The van der Waals surface area contributed by atoms with E-state index in [1.807, 2.05) is 0 Å². The summed E-state index contributed by atoms with van der Waals surface area (Å²) >= 11 is 0. The van der Waals surface area contributed by atoms with Gasteiger partial charge in [0.25, 0.3) is 11.6 Å². The Morgan fingerprint density at radius 2 is 1.84 bits per heavy atom. The summed E-state index contributed by atoms with van der Waals surface area (Å²) in [5, 5.41) is -0.554. The lowest BCUT2D eigenvalue weighted by atomic mass is 10.2. The largest absolute Gasteiger partial charge is 0.474 e. The fourth-order valence-electron chi connectivity index (χ4n) is 4.03. The first kappa shape index (κ1) is 26.7. The van der Waals surface area contributed by atoms with Crippen molar-refractivity contribution in [3.8, 4) is 11.7 Å². The summed E-state index contributed by atoms with van der Waals surface area (Å²) in [5.41, 5.74) is 0.0305. The Hall–Kier alpha value is -3.35. The molecule has 0 spiro atoms. The molecule has 1 amide bonds. The normalized spacial score (nSPS) is 17.2. The molecule has 37 heavy (non-hydrogen) atoms. The third-order valence-corrected chi connectivity index (χ3v) is 6.47. The Labute approximate surface area is 213 Å². The van der Waals surface area contributed by atoms with Crippen LogP contribution in [0.5, 0.6) is 5.88 Å². The van der Waals surface area contributed by atoms with Crippen molar-refractivity contribution in [2.24, 2.45) is 0 Å². The van der Waals surface area contributed by atoms with Crippen LogP contribution in [-0.2, 0) is 14.6 Å². The number of fused-ring (bicyclic) bond motifs is 1. The molecule has 0 saturated carbocycles. The summed E-state index contributed by atoms with van der Waals surface area (Å²) in [4.78, 5) is 26.2. The van der Waals surface area contributed by atoms with Gasteiger partial charge in [-0.1, -0.05) is 12.1 Å². The highest BCUT2D eigenvalue weighted by Crippen LogP contribution is 2.29. The predicted octanol–water partition coefficient (Wildman–Crippen LogP) is 4.33. The van der Waals surface area contributed by atoms with Gasteiger partial charge in [0.1, 0.15) is 17.5 Å². The third-order valence-electron chi connectivity index (χ3n) is 5.63. The first-order valence-corrected chi connectivity index (χ1v) is 13.7. The maximum Gasteiger partial charge on any atom is 0.410 e. The summed E-state index contributed by atoms with van der Waals surface area (Å²) in [6, 6.07) is 7.82. The molecule has 1 fully saturated rings. The lowest BCUT2D eigenvalue weighted by Crippen LogP contribution is -2.37. The molecule has 3 heterocycles. The molecule has 0 bridgehead atoms. The van der Waals surface area contributed by atoms with E-state index in [1.54, 1.807) is 49.9 Å². The number of para-hydroxylation sites is 2. The number of likely N-dealkylation sites (tertiary alicyclic amines) is 1. The van der Waals surface area contributed by atoms with Crippen molar-refractivity contribution < 1.29 is 31.5 Å². The van der Waals surface area contributed by atoms with Crippen LogP contribution < -0.4 is 4.74 Å². The number of sulfone groups is 1. The molecule has 1 saturated heterocycles. The molecule has 1 aliphatic heterocycles. The van der Waals surface area contributed by atoms with Gasteiger partial charge in [-0.25, -0.2) is 27.0 Å². The number of nitrogens with zero attached hydrogens (tertiary/aromatic N) is 5. The molecule has 1 aliphatic rings. The first-order chi connectivity index (χ1) is 17.3. The molecule has 2 aromatic heterocycles. The Morgan fingerprint density at radius 1 is 1.11 bits per heavy atom. The number of hydrogen-bond acceptors (Lipinski definition) is 8. The molecule has 0 radical (unpaired) electrons. The van der Waals surface area contributed by atoms with Crippen molar-refractivity contribution in [2.45, 2.75) is 63.3 Å². The first-order valence-electron chi connectivity index (χ1n) is 11.8. The number of rotatable bonds is 5. The van der Waals surface area contributed by atoms with Crippen LogP contribution in [0.4, 0.5) is 13.6 Å². The molecule has 10 nitrogen and oxygen atoms in total. The van der Waals surface area contributed by atoms with Gasteiger partial charge in [0.05, 0.1) is 11.0 Å². The van der Waals surface area contributed by atoms with E-state index in [1.165, 1.54) is 6.07 Å². The van der Waals surface area contributed by atoms with E-state index in [0.29, 0.717) is 43.4 Å². The minimum absolute atomic E-state index is 0.0702. The van der Waals surface area contributed by atoms with Crippen LogP contribution in [0.2, 0.25) is 0 Å². The van der Waals surface area contributed by atoms with E-state index in [4.69, 9.17) is 9.47 Å². The maximum absolute atomic E-state index is 13.9. The number of alkyl halides is 2. The van der Waals surface area contributed by atoms with Gasteiger partial charge >= 0.3 is 6.09 Å². The van der Waals surface area contributed by atoms with E-state index in [0.717, 1.165) is 10.8 Å². The minimum Gasteiger partial charge on any atom is -0.474 e. The molecule has 3 aromatic rings. The maximum atomic E-state index is 13.9. The average molecular weight is 538 g/mol. The Kier molecular flexibility index (Phi) is 7.36. The highest BCUT2D eigenvalue weighted by atomic mass is 32.2. The van der Waals surface area contributed by atoms with Crippen LogP contribution in [0.15, 0.2) is 35.5 Å². The number of halogens is 2. The molecular formula is C24H29F2N5O5S. The van der Waals surface area contributed by atoms with Crippen LogP contribution in [-0.4, -0.2) is 70.0 Å². The minimum atomic E-state index is -3.90. The van der Waals surface area contributed by atoms with Crippen LogP contribution in [0.3, 0.4) is 0 Å². The monoisotopic (exact) mass is 537 g/mol. The van der Waals surface area contributed by atoms with Gasteiger partial charge in [0, 0.05) is 31.8 Å². The summed E-state index contributed by atoms with van der Waals surface area (Å²) in [6.45, 7) is 6.24. The predicted molar refractivity (Wildman–Crippen MR) is 131 cm³/mol. The second-order valence-corrected chi connectivity index (χ2v) is 11.8. The van der Waals surface area contributed by atoms with Gasteiger partial charge in [-0.3, -0.25) is 4.57 Å². The summed E-state index contributed by atoms with van der Waals surface area (Å²) in [5.74, 6) is -0.745. The van der Waals surface area contributed by atoms with Crippen molar-refractivity contribution >= 4 is 27.0 Å². The number of aromatic nitrogens is 4. The zero-order valence-electron chi connectivity index (χ0n) is 21.0. The van der Waals surface area contributed by atoms with Crippen LogP contribution >= 0.6 is 0 Å². The van der Waals surface area contributed by atoms with Crippen molar-refractivity contribution in [3.63, 3.8) is 0 Å². The number of carbonyl (C=O) groups excluding carboxylic acids is 1. The summed E-state index contributed by atoms with van der Waals surface area (Å²) in [6.07, 6.45) is -1.16. The molecule has 13 heteroatoms. The standard InChI is InChI=1S/C24H29F2N5O5S/c1-24(2,3)36-23(32)30-12-7-8-15(11-13-30)35-19-14-18(28-22(29-19)37(4,33)34)31-17-10-6-5-9-16(17)27-21(31)20(25)26/h5-6,9-10,14-15,20H,7-8,11-13H2,1-4H3. The lowest BCUT2D eigenvalue weighted by Gasteiger charge is -2.26. The summed E-state index contributed by atoms with van der Waals surface area (Å²) in [7, 11) is -3.90. The van der Waals surface area contributed by atoms with E-state index in [9.17, 15) is 22.0 Å². The van der Waals surface area contributed by atoms with E-state index in [2.05, 4.69) is 15.0 Å². The zero-order chi connectivity index (χ0) is 27.0. The number of hydrogen-bond donors (Lipinski definition) is 0. The molecular weight excluding hydrogens is 508 g/mol. The third kappa shape index (κ3) is 6.32. The highest BCUT2D eigenvalue weighted by molar-refractivity contribution is 7.90. The quantitative estimate of drug-likeness (QED) is 0.442. The van der Waals surface area contributed by atoms with Gasteiger partial charge in [0.2, 0.25) is 15.7 Å². The van der Waals surface area contributed by atoms with Gasteiger partial charge < -0.3 is 14.4 Å². The topological polar surface area (TPSA) is 117 Å². The number of imidazole rings is 1. The number of amides is 1. The highest BCUT2D eigenvalue weighted by Gasteiger charge is 2.28. The lowest BCUT2D eigenvalue weighted by molar-refractivity contribution is 0.0252. The van der Waals surface area contributed by atoms with Gasteiger partial charge in [-0.05, 0) is 45.7 Å². The van der Waals surface area contributed by atoms with E-state index < -0.39 is 45.0 Å². The SMILES string of the molecule is CC(C)(C)OC(=O)N1CCCC(Oc2cc(-n3c(C(F)F)nc4ccccc43)nc(S(C)(=O)=O)n2)CC1. The molecule has 1 aromatic carbocycles. The fourth-order valence-corrected chi connectivity index (χ4v) is 4.54. The van der Waals surface area contributed by atoms with Crippen LogP contribution in [0.1, 0.15) is 52.3 Å². The fraction of sp³-hybridized carbons (Fsp3) is 0.500. The van der Waals surface area contributed by atoms with Crippen molar-refractivity contribution in [2.75, 3.05) is 19.3 Å². The Bertz CT molecular complexity index is 1400.